The summed E-state index contributed by atoms with van der Waals surface area (Å²) < 4.78 is 5.72. The molecule has 0 atom stereocenters. The van der Waals surface area contributed by atoms with Crippen molar-refractivity contribution in [3.63, 3.8) is 0 Å². The number of carbonyl (C=O) groups excluding carboxylic acids is 1. The molecule has 120 valence electrons. The molecule has 1 N–H and O–H groups in total. The number of anilines is 1. The summed E-state index contributed by atoms with van der Waals surface area (Å²) in [6.45, 7) is 6.22. The van der Waals surface area contributed by atoms with Crippen molar-refractivity contribution in [3.8, 4) is 5.75 Å². The van der Waals surface area contributed by atoms with Crippen molar-refractivity contribution in [2.45, 2.75) is 32.6 Å². The lowest BCUT2D eigenvalue weighted by Crippen LogP contribution is -2.30. The first-order valence-electron chi connectivity index (χ1n) is 8.21. The van der Waals surface area contributed by atoms with Crippen LogP contribution in [0.25, 0.3) is 10.8 Å². The summed E-state index contributed by atoms with van der Waals surface area (Å²) in [5, 5.41) is 5.14. The van der Waals surface area contributed by atoms with Gasteiger partial charge in [-0.1, -0.05) is 56.7 Å². The summed E-state index contributed by atoms with van der Waals surface area (Å²) >= 11 is 0. The second-order valence-electron chi connectivity index (χ2n) is 6.48. The average Bonchev–Trinajstić information content (AvgIpc) is 3.02. The van der Waals surface area contributed by atoms with Crippen molar-refractivity contribution >= 4 is 22.4 Å². The molecule has 1 fully saturated rings. The molecule has 2 aromatic carbocycles. The molecule has 2 aromatic rings. The summed E-state index contributed by atoms with van der Waals surface area (Å²) in [6.07, 6.45) is 5.94. The van der Waals surface area contributed by atoms with Crippen molar-refractivity contribution in [1.29, 1.82) is 0 Å². The summed E-state index contributed by atoms with van der Waals surface area (Å²) in [7, 11) is 0. The van der Waals surface area contributed by atoms with Gasteiger partial charge in [0.2, 0.25) is 5.91 Å². The number of hydrogen-bond acceptors (Lipinski definition) is 2. The van der Waals surface area contributed by atoms with Gasteiger partial charge in [-0.25, -0.2) is 0 Å². The quantitative estimate of drug-likeness (QED) is 0.796. The van der Waals surface area contributed by atoms with Gasteiger partial charge in [0.1, 0.15) is 12.4 Å². The van der Waals surface area contributed by atoms with Crippen LogP contribution in [-0.2, 0) is 4.79 Å². The van der Waals surface area contributed by atoms with Gasteiger partial charge in [-0.3, -0.25) is 4.79 Å². The highest BCUT2D eigenvalue weighted by Gasteiger charge is 2.36. The first-order chi connectivity index (χ1) is 11.1. The maximum Gasteiger partial charge on any atom is 0.230 e. The molecule has 0 saturated heterocycles. The first kappa shape index (κ1) is 15.6. The SMILES string of the molecule is C=CCOc1ccc(NC(=O)C2(C)CCCC2)c2ccccc12. The Morgan fingerprint density at radius 3 is 2.61 bits per heavy atom. The van der Waals surface area contributed by atoms with Crippen LogP contribution in [0.4, 0.5) is 5.69 Å². The molecule has 3 rings (SSSR count). The molecule has 1 amide bonds. The Labute approximate surface area is 137 Å². The van der Waals surface area contributed by atoms with Crippen LogP contribution >= 0.6 is 0 Å². The van der Waals surface area contributed by atoms with E-state index in [4.69, 9.17) is 4.74 Å². The summed E-state index contributed by atoms with van der Waals surface area (Å²) in [6, 6.07) is 11.8. The topological polar surface area (TPSA) is 38.3 Å². The molecule has 0 aromatic heterocycles. The molecule has 0 heterocycles. The van der Waals surface area contributed by atoms with E-state index in [2.05, 4.69) is 18.8 Å². The third kappa shape index (κ3) is 3.09. The lowest BCUT2D eigenvalue weighted by atomic mass is 9.87. The van der Waals surface area contributed by atoms with Crippen LogP contribution in [0.3, 0.4) is 0 Å². The van der Waals surface area contributed by atoms with Crippen molar-refractivity contribution in [1.82, 2.24) is 0 Å². The predicted octanol–water partition coefficient (Wildman–Crippen LogP) is 4.92. The molecule has 0 bridgehead atoms. The first-order valence-corrected chi connectivity index (χ1v) is 8.21. The molecule has 0 unspecified atom stereocenters. The minimum atomic E-state index is -0.237. The van der Waals surface area contributed by atoms with Gasteiger partial charge >= 0.3 is 0 Å². The number of amides is 1. The van der Waals surface area contributed by atoms with Gasteiger partial charge in [0.15, 0.2) is 0 Å². The highest BCUT2D eigenvalue weighted by molar-refractivity contribution is 6.05. The Balaban J connectivity index is 1.92. The number of fused-ring (bicyclic) bond motifs is 1. The second kappa shape index (κ2) is 6.45. The monoisotopic (exact) mass is 309 g/mol. The van der Waals surface area contributed by atoms with E-state index in [0.717, 1.165) is 47.9 Å². The molecular weight excluding hydrogens is 286 g/mol. The molecule has 0 spiro atoms. The van der Waals surface area contributed by atoms with Gasteiger partial charge < -0.3 is 10.1 Å². The van der Waals surface area contributed by atoms with Crippen LogP contribution in [0.2, 0.25) is 0 Å². The second-order valence-corrected chi connectivity index (χ2v) is 6.48. The molecule has 0 aliphatic heterocycles. The number of carbonyl (C=O) groups is 1. The van der Waals surface area contributed by atoms with Crippen LogP contribution in [0, 0.1) is 5.41 Å². The van der Waals surface area contributed by atoms with Crippen LogP contribution in [0.5, 0.6) is 5.75 Å². The van der Waals surface area contributed by atoms with Gasteiger partial charge in [0.05, 0.1) is 0 Å². The maximum absolute atomic E-state index is 12.7. The number of benzene rings is 2. The Morgan fingerprint density at radius 1 is 1.22 bits per heavy atom. The van der Waals surface area contributed by atoms with E-state index >= 15 is 0 Å². The fourth-order valence-electron chi connectivity index (χ4n) is 3.31. The molecule has 3 heteroatoms. The van der Waals surface area contributed by atoms with Crippen molar-refractivity contribution < 1.29 is 9.53 Å². The smallest absolute Gasteiger partial charge is 0.230 e. The maximum atomic E-state index is 12.7. The van der Waals surface area contributed by atoms with E-state index in [9.17, 15) is 4.79 Å². The van der Waals surface area contributed by atoms with Gasteiger partial charge in [-0.15, -0.1) is 0 Å². The van der Waals surface area contributed by atoms with Crippen molar-refractivity contribution in [3.05, 3.63) is 49.1 Å². The Bertz CT molecular complexity index is 729. The van der Waals surface area contributed by atoms with Crippen molar-refractivity contribution in [2.75, 3.05) is 11.9 Å². The zero-order valence-electron chi connectivity index (χ0n) is 13.6. The Morgan fingerprint density at radius 2 is 1.91 bits per heavy atom. The molecule has 3 nitrogen and oxygen atoms in total. The van der Waals surface area contributed by atoms with E-state index in [-0.39, 0.29) is 11.3 Å². The van der Waals surface area contributed by atoms with Crippen LogP contribution in [0.1, 0.15) is 32.6 Å². The molecule has 23 heavy (non-hydrogen) atoms. The zero-order valence-corrected chi connectivity index (χ0v) is 13.6. The fraction of sp³-hybridized carbons (Fsp3) is 0.350. The van der Waals surface area contributed by atoms with Gasteiger partial charge in [-0.2, -0.15) is 0 Å². The van der Waals surface area contributed by atoms with E-state index < -0.39 is 0 Å². The van der Waals surface area contributed by atoms with Crippen LogP contribution in [0.15, 0.2) is 49.1 Å². The summed E-state index contributed by atoms with van der Waals surface area (Å²) in [5.74, 6) is 0.936. The minimum Gasteiger partial charge on any atom is -0.489 e. The highest BCUT2D eigenvalue weighted by atomic mass is 16.5. The molecule has 1 aliphatic rings. The predicted molar refractivity (Wildman–Crippen MR) is 94.8 cm³/mol. The summed E-state index contributed by atoms with van der Waals surface area (Å²) in [4.78, 5) is 12.7. The number of ether oxygens (including phenoxy) is 1. The number of rotatable bonds is 5. The van der Waals surface area contributed by atoms with E-state index in [1.54, 1.807) is 6.08 Å². The van der Waals surface area contributed by atoms with Crippen LogP contribution < -0.4 is 10.1 Å². The van der Waals surface area contributed by atoms with Gasteiger partial charge in [0.25, 0.3) is 0 Å². The largest absolute Gasteiger partial charge is 0.489 e. The minimum absolute atomic E-state index is 0.125. The normalized spacial score (nSPS) is 16.2. The molecule has 0 radical (unpaired) electrons. The van der Waals surface area contributed by atoms with E-state index in [1.165, 1.54) is 0 Å². The standard InChI is InChI=1S/C20H23NO2/c1-3-14-23-18-11-10-17(15-8-4-5-9-16(15)18)21-19(22)20(2)12-6-7-13-20/h3-5,8-11H,1,6-7,12-14H2,2H3,(H,21,22). The third-order valence-corrected chi connectivity index (χ3v) is 4.74. The number of nitrogens with one attached hydrogen (secondary N) is 1. The number of hydrogen-bond donors (Lipinski definition) is 1. The lowest BCUT2D eigenvalue weighted by molar-refractivity contribution is -0.124. The molecular formula is C20H23NO2. The Kier molecular flexibility index (Phi) is 4.37. The fourth-order valence-corrected chi connectivity index (χ4v) is 3.31. The molecule has 1 aliphatic carbocycles. The molecule has 1 saturated carbocycles. The third-order valence-electron chi connectivity index (χ3n) is 4.74. The van der Waals surface area contributed by atoms with Gasteiger partial charge in [0, 0.05) is 21.9 Å². The van der Waals surface area contributed by atoms with Gasteiger partial charge in [-0.05, 0) is 25.0 Å². The average molecular weight is 309 g/mol. The van der Waals surface area contributed by atoms with Crippen molar-refractivity contribution in [2.24, 2.45) is 5.41 Å². The Hall–Kier alpha value is -2.29. The van der Waals surface area contributed by atoms with Crippen LogP contribution in [-0.4, -0.2) is 12.5 Å². The summed E-state index contributed by atoms with van der Waals surface area (Å²) in [5.41, 5.74) is 0.615. The zero-order chi connectivity index (χ0) is 16.3. The van der Waals surface area contributed by atoms with E-state index in [1.807, 2.05) is 36.4 Å². The highest BCUT2D eigenvalue weighted by Crippen LogP contribution is 2.39. The lowest BCUT2D eigenvalue weighted by Gasteiger charge is -2.23. The van der Waals surface area contributed by atoms with E-state index in [0.29, 0.717) is 6.61 Å².